The van der Waals surface area contributed by atoms with Gasteiger partial charge in [0.2, 0.25) is 0 Å². The molecule has 0 unspecified atom stereocenters. The minimum Gasteiger partial charge on any atom is -0.497 e. The summed E-state index contributed by atoms with van der Waals surface area (Å²) in [4.78, 5) is 23.6. The van der Waals surface area contributed by atoms with E-state index in [-0.39, 0.29) is 0 Å². The van der Waals surface area contributed by atoms with Crippen molar-refractivity contribution in [3.05, 3.63) is 53.6 Å². The zero-order valence-corrected chi connectivity index (χ0v) is 14.2. The van der Waals surface area contributed by atoms with E-state index in [0.29, 0.717) is 22.7 Å². The van der Waals surface area contributed by atoms with Crippen LogP contribution in [0.25, 0.3) is 0 Å². The molecule has 2 aromatic rings. The Morgan fingerprint density at radius 3 is 2.12 bits per heavy atom. The van der Waals surface area contributed by atoms with Crippen molar-refractivity contribution in [2.24, 2.45) is 5.10 Å². The van der Waals surface area contributed by atoms with Crippen LogP contribution in [0, 0.1) is 6.92 Å². The van der Waals surface area contributed by atoms with Gasteiger partial charge in [0.15, 0.2) is 0 Å². The average molecular weight is 341 g/mol. The van der Waals surface area contributed by atoms with Crippen molar-refractivity contribution in [1.29, 1.82) is 0 Å². The molecule has 0 atom stereocenters. The van der Waals surface area contributed by atoms with E-state index in [2.05, 4.69) is 15.8 Å². The maximum atomic E-state index is 11.8. The molecule has 25 heavy (non-hydrogen) atoms. The van der Waals surface area contributed by atoms with Gasteiger partial charge in [0.1, 0.15) is 11.5 Å². The quantitative estimate of drug-likeness (QED) is 0.495. The Labute approximate surface area is 145 Å². The van der Waals surface area contributed by atoms with Crippen molar-refractivity contribution in [2.45, 2.75) is 6.92 Å². The summed E-state index contributed by atoms with van der Waals surface area (Å²) in [5, 5.41) is 6.26. The lowest BCUT2D eigenvalue weighted by Crippen LogP contribution is -2.32. The molecule has 0 fully saturated rings. The number of hydrogen-bond acceptors (Lipinski definition) is 5. The number of nitrogens with zero attached hydrogens (tertiary/aromatic N) is 1. The third-order valence-electron chi connectivity index (χ3n) is 3.27. The second-order valence-electron chi connectivity index (χ2n) is 5.17. The van der Waals surface area contributed by atoms with E-state index in [1.54, 1.807) is 30.3 Å². The first kappa shape index (κ1) is 18.0. The molecule has 2 amide bonds. The minimum absolute atomic E-state index is 0.535. The number of hydrogen-bond donors (Lipinski definition) is 2. The highest BCUT2D eigenvalue weighted by atomic mass is 16.5. The van der Waals surface area contributed by atoms with Crippen molar-refractivity contribution < 1.29 is 19.1 Å². The molecule has 0 aliphatic carbocycles. The highest BCUT2D eigenvalue weighted by Crippen LogP contribution is 2.21. The topological polar surface area (TPSA) is 89.0 Å². The number of anilines is 1. The van der Waals surface area contributed by atoms with Crippen LogP contribution in [-0.2, 0) is 9.59 Å². The predicted molar refractivity (Wildman–Crippen MR) is 95.1 cm³/mol. The number of aryl methyl sites for hydroxylation is 1. The Bertz CT molecular complexity index is 763. The Morgan fingerprint density at radius 1 is 0.960 bits per heavy atom. The van der Waals surface area contributed by atoms with Crippen LogP contribution >= 0.6 is 0 Å². The molecule has 2 N–H and O–H groups in total. The van der Waals surface area contributed by atoms with E-state index < -0.39 is 11.8 Å². The molecule has 7 nitrogen and oxygen atoms in total. The fourth-order valence-electron chi connectivity index (χ4n) is 1.94. The van der Waals surface area contributed by atoms with Gasteiger partial charge < -0.3 is 14.8 Å². The maximum absolute atomic E-state index is 11.8. The van der Waals surface area contributed by atoms with Gasteiger partial charge in [-0.05, 0) is 31.2 Å². The molecular formula is C18H19N3O4. The minimum atomic E-state index is -0.869. The van der Waals surface area contributed by atoms with Gasteiger partial charge in [-0.1, -0.05) is 17.7 Å². The Balaban J connectivity index is 1.95. The van der Waals surface area contributed by atoms with Gasteiger partial charge in [0, 0.05) is 17.3 Å². The highest BCUT2D eigenvalue weighted by Gasteiger charge is 2.12. The van der Waals surface area contributed by atoms with Crippen LogP contribution in [0.5, 0.6) is 11.5 Å². The van der Waals surface area contributed by atoms with E-state index in [1.807, 2.05) is 19.1 Å². The molecule has 0 heterocycles. The number of benzene rings is 2. The summed E-state index contributed by atoms with van der Waals surface area (Å²) < 4.78 is 10.3. The first-order valence-corrected chi connectivity index (χ1v) is 7.46. The van der Waals surface area contributed by atoms with Crippen LogP contribution < -0.4 is 20.2 Å². The van der Waals surface area contributed by atoms with E-state index in [1.165, 1.54) is 20.4 Å². The lowest BCUT2D eigenvalue weighted by molar-refractivity contribution is -0.136. The summed E-state index contributed by atoms with van der Waals surface area (Å²) in [6.45, 7) is 1.93. The standard InChI is InChI=1S/C18H19N3O4/c1-12-4-6-14(7-5-12)20-17(22)18(23)21-19-11-13-8-15(24-2)10-16(9-13)25-3/h4-11H,1-3H3,(H,20,22)(H,21,23)/b19-11-. The number of nitrogens with one attached hydrogen (secondary N) is 2. The Kier molecular flexibility index (Phi) is 6.11. The first-order valence-electron chi connectivity index (χ1n) is 7.46. The lowest BCUT2D eigenvalue weighted by atomic mass is 10.2. The normalized spacial score (nSPS) is 10.4. The molecule has 0 spiro atoms. The molecule has 0 radical (unpaired) electrons. The fourth-order valence-corrected chi connectivity index (χ4v) is 1.94. The van der Waals surface area contributed by atoms with Gasteiger partial charge in [-0.25, -0.2) is 5.43 Å². The summed E-state index contributed by atoms with van der Waals surface area (Å²) >= 11 is 0. The second kappa shape index (κ2) is 8.49. The van der Waals surface area contributed by atoms with Crippen LogP contribution in [0.3, 0.4) is 0 Å². The fraction of sp³-hybridized carbons (Fsp3) is 0.167. The number of ether oxygens (including phenoxy) is 2. The van der Waals surface area contributed by atoms with Gasteiger partial charge in [-0.2, -0.15) is 5.10 Å². The molecule has 0 aliphatic rings. The second-order valence-corrected chi connectivity index (χ2v) is 5.17. The maximum Gasteiger partial charge on any atom is 0.329 e. The molecule has 130 valence electrons. The van der Waals surface area contributed by atoms with Gasteiger partial charge in [0.05, 0.1) is 20.4 Å². The van der Waals surface area contributed by atoms with Crippen LogP contribution in [0.1, 0.15) is 11.1 Å². The molecule has 2 rings (SSSR count). The zero-order valence-electron chi connectivity index (χ0n) is 14.2. The van der Waals surface area contributed by atoms with Gasteiger partial charge in [-0.15, -0.1) is 0 Å². The number of carbonyl (C=O) groups is 2. The molecule has 2 aromatic carbocycles. The Morgan fingerprint density at radius 2 is 1.56 bits per heavy atom. The Hall–Kier alpha value is -3.35. The number of rotatable bonds is 5. The van der Waals surface area contributed by atoms with Gasteiger partial charge >= 0.3 is 11.8 Å². The molecule has 0 saturated carbocycles. The largest absolute Gasteiger partial charge is 0.497 e. The molecular weight excluding hydrogens is 322 g/mol. The van der Waals surface area contributed by atoms with Crippen LogP contribution in [-0.4, -0.2) is 32.2 Å². The highest BCUT2D eigenvalue weighted by molar-refractivity contribution is 6.39. The summed E-state index contributed by atoms with van der Waals surface area (Å²) in [6, 6.07) is 12.2. The third-order valence-corrected chi connectivity index (χ3v) is 3.27. The van der Waals surface area contributed by atoms with E-state index >= 15 is 0 Å². The number of methoxy groups -OCH3 is 2. The number of hydrazone groups is 1. The van der Waals surface area contributed by atoms with Crippen molar-refractivity contribution in [3.8, 4) is 11.5 Å². The van der Waals surface area contributed by atoms with Crippen molar-refractivity contribution in [1.82, 2.24) is 5.43 Å². The van der Waals surface area contributed by atoms with E-state index in [0.717, 1.165) is 5.56 Å². The van der Waals surface area contributed by atoms with Crippen LogP contribution in [0.4, 0.5) is 5.69 Å². The summed E-state index contributed by atoms with van der Waals surface area (Å²) in [7, 11) is 3.07. The summed E-state index contributed by atoms with van der Waals surface area (Å²) in [5.74, 6) is -0.496. The average Bonchev–Trinajstić information content (AvgIpc) is 2.63. The van der Waals surface area contributed by atoms with Gasteiger partial charge in [-0.3, -0.25) is 9.59 Å². The van der Waals surface area contributed by atoms with Gasteiger partial charge in [0.25, 0.3) is 0 Å². The molecule has 0 aliphatic heterocycles. The van der Waals surface area contributed by atoms with Crippen molar-refractivity contribution >= 4 is 23.7 Å². The third kappa shape index (κ3) is 5.35. The smallest absolute Gasteiger partial charge is 0.329 e. The number of amides is 2. The van der Waals surface area contributed by atoms with Crippen molar-refractivity contribution in [2.75, 3.05) is 19.5 Å². The number of carbonyl (C=O) groups excluding carboxylic acids is 2. The SMILES string of the molecule is COc1cc(/C=N\NC(=O)C(=O)Nc2ccc(C)cc2)cc(OC)c1. The first-order chi connectivity index (χ1) is 12.0. The molecule has 7 heteroatoms. The molecule has 0 aromatic heterocycles. The summed E-state index contributed by atoms with van der Waals surface area (Å²) in [6.07, 6.45) is 1.39. The van der Waals surface area contributed by atoms with Crippen LogP contribution in [0.15, 0.2) is 47.6 Å². The van der Waals surface area contributed by atoms with E-state index in [9.17, 15) is 9.59 Å². The molecule has 0 bridgehead atoms. The van der Waals surface area contributed by atoms with Crippen LogP contribution in [0.2, 0.25) is 0 Å². The zero-order chi connectivity index (χ0) is 18.2. The lowest BCUT2D eigenvalue weighted by Gasteiger charge is -2.06. The monoisotopic (exact) mass is 341 g/mol. The molecule has 0 saturated heterocycles. The predicted octanol–water partition coefficient (Wildman–Crippen LogP) is 2.10. The summed E-state index contributed by atoms with van der Waals surface area (Å²) in [5.41, 5.74) is 4.41. The van der Waals surface area contributed by atoms with E-state index in [4.69, 9.17) is 9.47 Å². The van der Waals surface area contributed by atoms with Crippen molar-refractivity contribution in [3.63, 3.8) is 0 Å².